The molecule has 0 aromatic rings. The van der Waals surface area contributed by atoms with E-state index in [0.717, 1.165) is 0 Å². The summed E-state index contributed by atoms with van der Waals surface area (Å²) in [4.78, 5) is 2.50. The molecule has 1 aliphatic rings. The minimum absolute atomic E-state index is 0.0254. The lowest BCUT2D eigenvalue weighted by molar-refractivity contribution is 0.0224. The predicted octanol–water partition coefficient (Wildman–Crippen LogP) is 0.783. The molecule has 1 aliphatic heterocycles. The molecule has 1 saturated heterocycles. The summed E-state index contributed by atoms with van der Waals surface area (Å²) in [6.45, 7) is 1.51. The van der Waals surface area contributed by atoms with Crippen LogP contribution in [-0.4, -0.2) is 36.1 Å². The van der Waals surface area contributed by atoms with E-state index in [0.29, 0.717) is 0 Å². The Labute approximate surface area is 68.8 Å². The minimum atomic E-state index is -1.39. The molecule has 0 amide bonds. The standard InChI is InChI=1S/C6H10FN3O2/c1-3-5(7)6(11)4(12-3)2-9-10-8/h3-6,11H,2H2,1H3/t3-,4+,5+,6?/m0/s1. The summed E-state index contributed by atoms with van der Waals surface area (Å²) in [6, 6.07) is 0. The Morgan fingerprint density at radius 2 is 2.42 bits per heavy atom. The third-order valence-corrected chi connectivity index (χ3v) is 1.87. The van der Waals surface area contributed by atoms with Gasteiger partial charge in [-0.3, -0.25) is 0 Å². The molecule has 1 fully saturated rings. The molecule has 4 atom stereocenters. The van der Waals surface area contributed by atoms with Crippen LogP contribution in [0, 0.1) is 0 Å². The van der Waals surface area contributed by atoms with E-state index in [1.807, 2.05) is 0 Å². The Morgan fingerprint density at radius 1 is 1.75 bits per heavy atom. The van der Waals surface area contributed by atoms with Crippen LogP contribution in [0.2, 0.25) is 0 Å². The zero-order valence-electron chi connectivity index (χ0n) is 6.59. The monoisotopic (exact) mass is 175 g/mol. The fourth-order valence-corrected chi connectivity index (χ4v) is 1.18. The van der Waals surface area contributed by atoms with Gasteiger partial charge in [-0.1, -0.05) is 5.11 Å². The van der Waals surface area contributed by atoms with Gasteiger partial charge in [0.25, 0.3) is 0 Å². The normalized spacial score (nSPS) is 40.9. The molecule has 1 heterocycles. The van der Waals surface area contributed by atoms with Crippen molar-refractivity contribution < 1.29 is 14.2 Å². The van der Waals surface area contributed by atoms with Crippen LogP contribution in [0.15, 0.2) is 5.11 Å². The molecule has 0 aromatic heterocycles. The Hall–Kier alpha value is -0.840. The first-order valence-electron chi connectivity index (χ1n) is 3.65. The zero-order chi connectivity index (χ0) is 9.14. The lowest BCUT2D eigenvalue weighted by Gasteiger charge is -2.09. The molecule has 0 spiro atoms. The predicted molar refractivity (Wildman–Crippen MR) is 39.3 cm³/mol. The van der Waals surface area contributed by atoms with Gasteiger partial charge in [-0.25, -0.2) is 4.39 Å². The number of hydrogen-bond acceptors (Lipinski definition) is 3. The van der Waals surface area contributed by atoms with E-state index in [1.165, 1.54) is 6.92 Å². The summed E-state index contributed by atoms with van der Waals surface area (Å²) in [5.41, 5.74) is 7.97. The fourth-order valence-electron chi connectivity index (χ4n) is 1.18. The van der Waals surface area contributed by atoms with Gasteiger partial charge in [-0.15, -0.1) is 0 Å². The molecule has 12 heavy (non-hydrogen) atoms. The van der Waals surface area contributed by atoms with E-state index in [4.69, 9.17) is 10.3 Å². The maximum atomic E-state index is 12.9. The molecule has 1 N–H and O–H groups in total. The van der Waals surface area contributed by atoms with Crippen LogP contribution in [0.25, 0.3) is 10.4 Å². The molecule has 0 saturated carbocycles. The highest BCUT2D eigenvalue weighted by atomic mass is 19.1. The Balaban J connectivity index is 2.52. The van der Waals surface area contributed by atoms with Crippen LogP contribution in [-0.2, 0) is 4.74 Å². The number of hydrogen-bond donors (Lipinski definition) is 1. The van der Waals surface area contributed by atoms with Gasteiger partial charge in [0.1, 0.15) is 6.10 Å². The van der Waals surface area contributed by atoms with Gasteiger partial charge in [0.15, 0.2) is 6.17 Å². The highest BCUT2D eigenvalue weighted by Gasteiger charge is 2.40. The summed E-state index contributed by atoms with van der Waals surface area (Å²) in [7, 11) is 0. The molecule has 1 unspecified atom stereocenters. The number of rotatable bonds is 2. The lowest BCUT2D eigenvalue weighted by Crippen LogP contribution is -2.29. The van der Waals surface area contributed by atoms with Crippen molar-refractivity contribution in [2.24, 2.45) is 5.11 Å². The first kappa shape index (κ1) is 9.25. The van der Waals surface area contributed by atoms with E-state index in [1.54, 1.807) is 0 Å². The van der Waals surface area contributed by atoms with Crippen LogP contribution >= 0.6 is 0 Å². The Morgan fingerprint density at radius 3 is 2.83 bits per heavy atom. The second-order valence-corrected chi connectivity index (χ2v) is 2.73. The quantitative estimate of drug-likeness (QED) is 0.382. The average Bonchev–Trinajstić information content (AvgIpc) is 2.30. The molecular weight excluding hydrogens is 165 g/mol. The SMILES string of the molecule is C[C@@H]1O[C@H](CN=[N+]=[N-])C(O)[C@@H]1F. The van der Waals surface area contributed by atoms with Gasteiger partial charge < -0.3 is 9.84 Å². The molecular formula is C6H10FN3O2. The van der Waals surface area contributed by atoms with Crippen molar-refractivity contribution in [3.8, 4) is 0 Å². The highest BCUT2D eigenvalue weighted by Crippen LogP contribution is 2.23. The summed E-state index contributed by atoms with van der Waals surface area (Å²) in [5.74, 6) is 0. The third kappa shape index (κ3) is 1.66. The van der Waals surface area contributed by atoms with Crippen LogP contribution < -0.4 is 0 Å². The average molecular weight is 175 g/mol. The van der Waals surface area contributed by atoms with Crippen molar-refractivity contribution in [2.75, 3.05) is 6.54 Å². The summed E-state index contributed by atoms with van der Waals surface area (Å²) in [5, 5.41) is 12.4. The van der Waals surface area contributed by atoms with Gasteiger partial charge in [-0.05, 0) is 12.5 Å². The highest BCUT2D eigenvalue weighted by molar-refractivity contribution is 4.89. The smallest absolute Gasteiger partial charge is 0.154 e. The number of aliphatic hydroxyl groups excluding tert-OH is 1. The fraction of sp³-hybridized carbons (Fsp3) is 1.00. The van der Waals surface area contributed by atoms with Crippen molar-refractivity contribution in [2.45, 2.75) is 31.4 Å². The number of nitrogens with zero attached hydrogens (tertiary/aromatic N) is 3. The maximum absolute atomic E-state index is 12.9. The lowest BCUT2D eigenvalue weighted by atomic mass is 10.1. The molecule has 0 aromatic carbocycles. The van der Waals surface area contributed by atoms with Crippen LogP contribution in [0.4, 0.5) is 4.39 Å². The maximum Gasteiger partial charge on any atom is 0.154 e. The first-order chi connectivity index (χ1) is 5.66. The Bertz CT molecular complexity index is 207. The number of halogens is 1. The number of alkyl halides is 1. The van der Waals surface area contributed by atoms with Crippen molar-refractivity contribution in [1.82, 2.24) is 0 Å². The summed E-state index contributed by atoms with van der Waals surface area (Å²) in [6.07, 6.45) is -3.89. The van der Waals surface area contributed by atoms with Crippen molar-refractivity contribution >= 4 is 0 Å². The van der Waals surface area contributed by atoms with E-state index in [-0.39, 0.29) is 6.54 Å². The van der Waals surface area contributed by atoms with Crippen LogP contribution in [0.1, 0.15) is 6.92 Å². The van der Waals surface area contributed by atoms with Crippen molar-refractivity contribution in [3.63, 3.8) is 0 Å². The molecule has 68 valence electrons. The van der Waals surface area contributed by atoms with E-state index < -0.39 is 24.5 Å². The second-order valence-electron chi connectivity index (χ2n) is 2.73. The molecule has 0 bridgehead atoms. The van der Waals surface area contributed by atoms with E-state index >= 15 is 0 Å². The number of aliphatic hydroxyl groups is 1. The van der Waals surface area contributed by atoms with Crippen LogP contribution in [0.5, 0.6) is 0 Å². The first-order valence-corrected chi connectivity index (χ1v) is 3.65. The van der Waals surface area contributed by atoms with Gasteiger partial charge in [0, 0.05) is 4.91 Å². The minimum Gasteiger partial charge on any atom is -0.387 e. The van der Waals surface area contributed by atoms with Gasteiger partial charge >= 0.3 is 0 Å². The molecule has 0 radical (unpaired) electrons. The van der Waals surface area contributed by atoms with Gasteiger partial charge in [0.2, 0.25) is 0 Å². The zero-order valence-corrected chi connectivity index (χ0v) is 6.59. The molecule has 1 rings (SSSR count). The van der Waals surface area contributed by atoms with Gasteiger partial charge in [-0.2, -0.15) is 0 Å². The molecule has 0 aliphatic carbocycles. The van der Waals surface area contributed by atoms with E-state index in [2.05, 4.69) is 10.0 Å². The van der Waals surface area contributed by atoms with Crippen molar-refractivity contribution in [3.05, 3.63) is 10.4 Å². The summed E-state index contributed by atoms with van der Waals surface area (Å²) < 4.78 is 17.9. The number of ether oxygens (including phenoxy) is 1. The second kappa shape index (κ2) is 3.71. The van der Waals surface area contributed by atoms with E-state index in [9.17, 15) is 9.50 Å². The summed E-state index contributed by atoms with van der Waals surface area (Å²) >= 11 is 0. The number of azide groups is 1. The van der Waals surface area contributed by atoms with Crippen molar-refractivity contribution in [1.29, 1.82) is 0 Å². The van der Waals surface area contributed by atoms with Crippen LogP contribution in [0.3, 0.4) is 0 Å². The Kier molecular flexibility index (Phi) is 2.86. The van der Waals surface area contributed by atoms with Gasteiger partial charge in [0.05, 0.1) is 18.8 Å². The molecule has 5 nitrogen and oxygen atoms in total. The largest absolute Gasteiger partial charge is 0.387 e. The third-order valence-electron chi connectivity index (χ3n) is 1.87. The topological polar surface area (TPSA) is 78.2 Å². The molecule has 6 heteroatoms.